The summed E-state index contributed by atoms with van der Waals surface area (Å²) in [4.78, 5) is 20.8. The van der Waals surface area contributed by atoms with Crippen molar-refractivity contribution in [1.29, 1.82) is 0 Å². The van der Waals surface area contributed by atoms with Crippen molar-refractivity contribution in [2.75, 3.05) is 17.8 Å². The maximum atomic E-state index is 13.0. The molecule has 0 fully saturated rings. The first-order valence-electron chi connectivity index (χ1n) is 4.98. The number of amides is 1. The molecule has 0 aliphatic heterocycles. The Morgan fingerprint density at radius 3 is 2.89 bits per heavy atom. The number of nitrogens with one attached hydrogen (secondary N) is 1. The molecule has 0 spiro atoms. The average Bonchev–Trinajstić information content (AvgIpc) is 2.31. The zero-order chi connectivity index (χ0) is 13.5. The Morgan fingerprint density at radius 2 is 2.28 bits per heavy atom. The highest BCUT2D eigenvalue weighted by atomic mass is 35.5. The molecule has 0 heterocycles. The van der Waals surface area contributed by atoms with Gasteiger partial charge >= 0.3 is 11.8 Å². The molecule has 1 N–H and O–H groups in total. The zero-order valence-electron chi connectivity index (χ0n) is 9.19. The number of rotatable bonds is 5. The number of hydrogen-bond donors (Lipinski definition) is 1. The molecule has 0 aliphatic carbocycles. The van der Waals surface area contributed by atoms with Crippen LogP contribution in [0.4, 0.5) is 20.6 Å². The maximum absolute atomic E-state index is 13.0. The van der Waals surface area contributed by atoms with Crippen molar-refractivity contribution >= 4 is 29.1 Å². The molecule has 0 saturated carbocycles. The Morgan fingerprint density at radius 1 is 1.56 bits per heavy atom. The summed E-state index contributed by atoms with van der Waals surface area (Å²) < 4.78 is 17.7. The molecule has 1 aromatic rings. The fourth-order valence-electron chi connectivity index (χ4n) is 1.10. The summed E-state index contributed by atoms with van der Waals surface area (Å²) in [5.41, 5.74) is -0.632. The summed E-state index contributed by atoms with van der Waals surface area (Å²) in [7, 11) is 0. The van der Waals surface area contributed by atoms with Crippen LogP contribution >= 0.6 is 11.6 Å². The van der Waals surface area contributed by atoms with Crippen LogP contribution in [-0.2, 0) is 4.74 Å². The van der Waals surface area contributed by atoms with E-state index in [1.807, 2.05) is 0 Å². The van der Waals surface area contributed by atoms with Gasteiger partial charge in [-0.3, -0.25) is 15.4 Å². The highest BCUT2D eigenvalue weighted by Gasteiger charge is 2.15. The number of halogens is 2. The van der Waals surface area contributed by atoms with Crippen molar-refractivity contribution in [1.82, 2.24) is 0 Å². The number of ether oxygens (including phenoxy) is 1. The average molecular weight is 277 g/mol. The number of hydrogen-bond acceptors (Lipinski definition) is 4. The Balaban J connectivity index is 2.65. The molecular formula is C10H10ClFN2O4. The van der Waals surface area contributed by atoms with Gasteiger partial charge in [0.1, 0.15) is 0 Å². The Hall–Kier alpha value is -1.89. The minimum atomic E-state index is -0.971. The molecule has 0 atom stereocenters. The quantitative estimate of drug-likeness (QED) is 0.388. The van der Waals surface area contributed by atoms with Gasteiger partial charge in [0, 0.05) is 11.9 Å². The molecule has 98 valence electrons. The third-order valence-corrected chi connectivity index (χ3v) is 2.17. The van der Waals surface area contributed by atoms with Crippen LogP contribution in [0.2, 0.25) is 0 Å². The first-order chi connectivity index (χ1) is 8.54. The lowest BCUT2D eigenvalue weighted by Crippen LogP contribution is -2.14. The Kier molecular flexibility index (Phi) is 5.31. The first-order valence-corrected chi connectivity index (χ1v) is 5.51. The van der Waals surface area contributed by atoms with E-state index in [0.717, 1.165) is 12.1 Å². The van der Waals surface area contributed by atoms with Gasteiger partial charge in [0.15, 0.2) is 0 Å². The standard InChI is InChI=1S/C10H10ClFN2O4/c11-4-1-5-18-10(15)13-7-2-3-8(12)9(6-7)14(16)17/h2-3,6H,1,4-5H2,(H,13,15). The lowest BCUT2D eigenvalue weighted by Gasteiger charge is -2.06. The van der Waals surface area contributed by atoms with Crippen LogP contribution in [0.25, 0.3) is 0 Å². The maximum Gasteiger partial charge on any atom is 0.411 e. The minimum Gasteiger partial charge on any atom is -0.449 e. The van der Waals surface area contributed by atoms with Crippen LogP contribution < -0.4 is 5.32 Å². The molecular weight excluding hydrogens is 267 g/mol. The third-order valence-electron chi connectivity index (χ3n) is 1.90. The van der Waals surface area contributed by atoms with Gasteiger partial charge in [-0.25, -0.2) is 4.79 Å². The van der Waals surface area contributed by atoms with E-state index >= 15 is 0 Å². The van der Waals surface area contributed by atoms with E-state index in [-0.39, 0.29) is 12.3 Å². The van der Waals surface area contributed by atoms with Crippen LogP contribution in [0.5, 0.6) is 0 Å². The van der Waals surface area contributed by atoms with E-state index in [4.69, 9.17) is 16.3 Å². The fraction of sp³-hybridized carbons (Fsp3) is 0.300. The second-order valence-corrected chi connectivity index (χ2v) is 3.60. The van der Waals surface area contributed by atoms with Gasteiger partial charge in [0.2, 0.25) is 5.82 Å². The Bertz CT molecular complexity index is 456. The topological polar surface area (TPSA) is 81.5 Å². The van der Waals surface area contributed by atoms with E-state index in [9.17, 15) is 19.3 Å². The van der Waals surface area contributed by atoms with Crippen LogP contribution in [-0.4, -0.2) is 23.5 Å². The summed E-state index contributed by atoms with van der Waals surface area (Å²) in [5, 5.41) is 12.7. The molecule has 1 aromatic carbocycles. The number of alkyl halides is 1. The normalized spacial score (nSPS) is 9.89. The van der Waals surface area contributed by atoms with E-state index in [0.29, 0.717) is 12.3 Å². The Labute approximate surface area is 107 Å². The molecule has 1 amide bonds. The largest absolute Gasteiger partial charge is 0.449 e. The van der Waals surface area contributed by atoms with Crippen LogP contribution in [0.3, 0.4) is 0 Å². The van der Waals surface area contributed by atoms with Crippen molar-refractivity contribution < 1.29 is 18.8 Å². The lowest BCUT2D eigenvalue weighted by molar-refractivity contribution is -0.387. The van der Waals surface area contributed by atoms with Gasteiger partial charge in [-0.2, -0.15) is 4.39 Å². The monoisotopic (exact) mass is 276 g/mol. The summed E-state index contributed by atoms with van der Waals surface area (Å²) >= 11 is 5.39. The van der Waals surface area contributed by atoms with Gasteiger partial charge in [-0.05, 0) is 18.6 Å². The van der Waals surface area contributed by atoms with Gasteiger partial charge in [0.25, 0.3) is 0 Å². The number of benzene rings is 1. The van der Waals surface area contributed by atoms with E-state index in [2.05, 4.69) is 5.32 Å². The van der Waals surface area contributed by atoms with E-state index < -0.39 is 22.5 Å². The molecule has 18 heavy (non-hydrogen) atoms. The molecule has 0 bridgehead atoms. The molecule has 8 heteroatoms. The molecule has 0 unspecified atom stereocenters. The molecule has 0 radical (unpaired) electrons. The second-order valence-electron chi connectivity index (χ2n) is 3.23. The van der Waals surface area contributed by atoms with Gasteiger partial charge in [0.05, 0.1) is 17.2 Å². The SMILES string of the molecule is O=C(Nc1ccc(F)c([N+](=O)[O-])c1)OCCCCl. The molecule has 0 aromatic heterocycles. The van der Waals surface area contributed by atoms with Crippen LogP contribution in [0, 0.1) is 15.9 Å². The number of nitrogens with zero attached hydrogens (tertiary/aromatic N) is 1. The predicted octanol–water partition coefficient (Wildman–Crippen LogP) is 2.91. The van der Waals surface area contributed by atoms with Crippen molar-refractivity contribution in [3.05, 3.63) is 34.1 Å². The number of anilines is 1. The number of carbonyl (C=O) groups is 1. The predicted molar refractivity (Wildman–Crippen MR) is 63.4 cm³/mol. The number of carbonyl (C=O) groups excluding carboxylic acids is 1. The van der Waals surface area contributed by atoms with Crippen LogP contribution in [0.15, 0.2) is 18.2 Å². The molecule has 0 aliphatic rings. The molecule has 1 rings (SSSR count). The summed E-state index contributed by atoms with van der Waals surface area (Å²) in [6.07, 6.45) is -0.278. The fourth-order valence-corrected chi connectivity index (χ4v) is 1.21. The lowest BCUT2D eigenvalue weighted by atomic mass is 10.2. The highest BCUT2D eigenvalue weighted by Crippen LogP contribution is 2.21. The number of nitro groups is 1. The second kappa shape index (κ2) is 6.75. The zero-order valence-corrected chi connectivity index (χ0v) is 9.95. The molecule has 6 nitrogen and oxygen atoms in total. The van der Waals surface area contributed by atoms with Crippen molar-refractivity contribution in [3.8, 4) is 0 Å². The molecule has 0 saturated heterocycles. The van der Waals surface area contributed by atoms with Crippen molar-refractivity contribution in [3.63, 3.8) is 0 Å². The third kappa shape index (κ3) is 4.17. The summed E-state index contributed by atoms with van der Waals surface area (Å²) in [6.45, 7) is 0.138. The van der Waals surface area contributed by atoms with Gasteiger partial charge < -0.3 is 4.74 Å². The first kappa shape index (κ1) is 14.2. The summed E-state index contributed by atoms with van der Waals surface area (Å²) in [6, 6.07) is 3.01. The highest BCUT2D eigenvalue weighted by molar-refractivity contribution is 6.17. The van der Waals surface area contributed by atoms with Gasteiger partial charge in [-0.1, -0.05) is 0 Å². The van der Waals surface area contributed by atoms with E-state index in [1.165, 1.54) is 6.07 Å². The van der Waals surface area contributed by atoms with Crippen molar-refractivity contribution in [2.45, 2.75) is 6.42 Å². The van der Waals surface area contributed by atoms with Crippen LogP contribution in [0.1, 0.15) is 6.42 Å². The number of nitro benzene ring substituents is 1. The smallest absolute Gasteiger partial charge is 0.411 e. The van der Waals surface area contributed by atoms with Crippen molar-refractivity contribution in [2.24, 2.45) is 0 Å². The van der Waals surface area contributed by atoms with Gasteiger partial charge in [-0.15, -0.1) is 11.6 Å². The summed E-state index contributed by atoms with van der Waals surface area (Å²) in [5.74, 6) is -0.615. The van der Waals surface area contributed by atoms with E-state index in [1.54, 1.807) is 0 Å². The minimum absolute atomic E-state index is 0.0824.